The van der Waals surface area contributed by atoms with Crippen molar-refractivity contribution in [3.05, 3.63) is 52.0 Å². The van der Waals surface area contributed by atoms with E-state index < -0.39 is 0 Å². The summed E-state index contributed by atoms with van der Waals surface area (Å²) in [5.74, 6) is 1.60. The van der Waals surface area contributed by atoms with Gasteiger partial charge in [-0.15, -0.1) is 0 Å². The molecule has 0 bridgehead atoms. The third-order valence-corrected chi connectivity index (χ3v) is 4.48. The van der Waals surface area contributed by atoms with E-state index in [-0.39, 0.29) is 12.5 Å². The average Bonchev–Trinajstić information content (AvgIpc) is 2.70. The second-order valence-corrected chi connectivity index (χ2v) is 7.02. The predicted octanol–water partition coefficient (Wildman–Crippen LogP) is 4.73. The van der Waals surface area contributed by atoms with Crippen LogP contribution in [0, 0.1) is 0 Å². The van der Waals surface area contributed by atoms with E-state index in [9.17, 15) is 4.79 Å². The van der Waals surface area contributed by atoms with Gasteiger partial charge in [0.15, 0.2) is 18.1 Å². The van der Waals surface area contributed by atoms with Crippen molar-refractivity contribution in [2.24, 2.45) is 5.10 Å². The molecule has 0 saturated carbocycles. The molecule has 156 valence electrons. The maximum Gasteiger partial charge on any atom is 0.277 e. The zero-order chi connectivity index (χ0) is 21.1. The largest absolute Gasteiger partial charge is 0.490 e. The van der Waals surface area contributed by atoms with Gasteiger partial charge in [-0.2, -0.15) is 5.10 Å². The van der Waals surface area contributed by atoms with Gasteiger partial charge in [-0.25, -0.2) is 5.43 Å². The lowest BCUT2D eigenvalue weighted by Gasteiger charge is -2.11. The van der Waals surface area contributed by atoms with E-state index in [4.69, 9.17) is 14.2 Å². The standard InChI is InChI=1S/C22H27BrN2O4/c1-4-7-16-8-10-19(18(23)12-16)29-15-22(26)25-24-14-17-9-11-20(27-5-2)21(13-17)28-6-3/h8-14H,4-7,15H2,1-3H3,(H,25,26)/b24-14+. The number of aryl methyl sites for hydroxylation is 1. The normalized spacial score (nSPS) is 10.8. The Bertz CT molecular complexity index is 840. The van der Waals surface area contributed by atoms with Gasteiger partial charge in [0.2, 0.25) is 0 Å². The number of hydrogen-bond donors (Lipinski definition) is 1. The molecule has 29 heavy (non-hydrogen) atoms. The van der Waals surface area contributed by atoms with Gasteiger partial charge in [0.25, 0.3) is 5.91 Å². The highest BCUT2D eigenvalue weighted by atomic mass is 79.9. The van der Waals surface area contributed by atoms with Crippen LogP contribution in [-0.4, -0.2) is 31.9 Å². The molecule has 0 saturated heterocycles. The van der Waals surface area contributed by atoms with Crippen molar-refractivity contribution in [2.45, 2.75) is 33.6 Å². The van der Waals surface area contributed by atoms with E-state index in [1.165, 1.54) is 5.56 Å². The fourth-order valence-corrected chi connectivity index (χ4v) is 3.15. The molecule has 7 heteroatoms. The molecule has 0 fully saturated rings. The SMILES string of the molecule is CCCc1ccc(OCC(=O)N/N=C/c2ccc(OCC)c(OCC)c2)c(Br)c1. The number of rotatable bonds is 11. The molecule has 1 N–H and O–H groups in total. The second-order valence-electron chi connectivity index (χ2n) is 6.17. The molecular formula is C22H27BrN2O4. The summed E-state index contributed by atoms with van der Waals surface area (Å²) in [6.45, 7) is 6.92. The van der Waals surface area contributed by atoms with Crippen LogP contribution in [0.15, 0.2) is 46.0 Å². The van der Waals surface area contributed by atoms with Crippen LogP contribution in [0.1, 0.15) is 38.3 Å². The third kappa shape index (κ3) is 7.42. The Balaban J connectivity index is 1.88. The lowest BCUT2D eigenvalue weighted by atomic mass is 10.1. The zero-order valence-electron chi connectivity index (χ0n) is 17.0. The first-order chi connectivity index (χ1) is 14.1. The molecule has 0 radical (unpaired) electrons. The highest BCUT2D eigenvalue weighted by Gasteiger charge is 2.07. The summed E-state index contributed by atoms with van der Waals surface area (Å²) in [7, 11) is 0. The molecule has 0 atom stereocenters. The molecule has 0 aliphatic heterocycles. The molecule has 2 aromatic rings. The topological polar surface area (TPSA) is 69.2 Å². The number of carbonyl (C=O) groups excluding carboxylic acids is 1. The van der Waals surface area contributed by atoms with Crippen LogP contribution < -0.4 is 19.6 Å². The van der Waals surface area contributed by atoms with Gasteiger partial charge in [-0.1, -0.05) is 19.4 Å². The van der Waals surface area contributed by atoms with Crippen molar-refractivity contribution in [3.8, 4) is 17.2 Å². The van der Waals surface area contributed by atoms with E-state index >= 15 is 0 Å². The molecule has 0 aromatic heterocycles. The molecule has 2 rings (SSSR count). The van der Waals surface area contributed by atoms with Gasteiger partial charge in [-0.05, 0) is 77.7 Å². The number of nitrogens with zero attached hydrogens (tertiary/aromatic N) is 1. The Labute approximate surface area is 180 Å². The van der Waals surface area contributed by atoms with Crippen LogP contribution in [0.25, 0.3) is 0 Å². The number of hydrazone groups is 1. The molecular weight excluding hydrogens is 436 g/mol. The van der Waals surface area contributed by atoms with Crippen molar-refractivity contribution >= 4 is 28.1 Å². The number of nitrogens with one attached hydrogen (secondary N) is 1. The van der Waals surface area contributed by atoms with E-state index in [1.54, 1.807) is 6.21 Å². The van der Waals surface area contributed by atoms with Gasteiger partial charge in [0.1, 0.15) is 5.75 Å². The smallest absolute Gasteiger partial charge is 0.277 e. The fraction of sp³-hybridized carbons (Fsp3) is 0.364. The third-order valence-electron chi connectivity index (χ3n) is 3.86. The molecule has 0 unspecified atom stereocenters. The quantitative estimate of drug-likeness (QED) is 0.387. The second kappa shape index (κ2) is 12.1. The minimum atomic E-state index is -0.346. The number of ether oxygens (including phenoxy) is 3. The van der Waals surface area contributed by atoms with Crippen LogP contribution >= 0.6 is 15.9 Å². The first-order valence-corrected chi connectivity index (χ1v) is 10.5. The molecule has 0 spiro atoms. The highest BCUT2D eigenvalue weighted by molar-refractivity contribution is 9.10. The van der Waals surface area contributed by atoms with Crippen LogP contribution in [0.2, 0.25) is 0 Å². The number of halogens is 1. The van der Waals surface area contributed by atoms with Crippen LogP contribution in [0.3, 0.4) is 0 Å². The van der Waals surface area contributed by atoms with Gasteiger partial charge >= 0.3 is 0 Å². The zero-order valence-corrected chi connectivity index (χ0v) is 18.6. The maximum atomic E-state index is 12.0. The van der Waals surface area contributed by atoms with Gasteiger partial charge in [-0.3, -0.25) is 4.79 Å². The summed E-state index contributed by atoms with van der Waals surface area (Å²) in [4.78, 5) is 12.0. The van der Waals surface area contributed by atoms with Crippen LogP contribution in [-0.2, 0) is 11.2 Å². The van der Waals surface area contributed by atoms with Crippen molar-refractivity contribution in [1.29, 1.82) is 0 Å². The first-order valence-electron chi connectivity index (χ1n) is 9.70. The van der Waals surface area contributed by atoms with Crippen molar-refractivity contribution in [1.82, 2.24) is 5.43 Å². The number of hydrogen-bond acceptors (Lipinski definition) is 5. The number of amides is 1. The summed E-state index contributed by atoms with van der Waals surface area (Å²) >= 11 is 3.48. The summed E-state index contributed by atoms with van der Waals surface area (Å²) in [5, 5.41) is 3.98. The van der Waals surface area contributed by atoms with Gasteiger partial charge in [0, 0.05) is 0 Å². The summed E-state index contributed by atoms with van der Waals surface area (Å²) in [6.07, 6.45) is 3.63. The Kier molecular flexibility index (Phi) is 9.50. The maximum absolute atomic E-state index is 12.0. The molecule has 0 aliphatic carbocycles. The van der Waals surface area contributed by atoms with Crippen molar-refractivity contribution in [2.75, 3.05) is 19.8 Å². The monoisotopic (exact) mass is 462 g/mol. The van der Waals surface area contributed by atoms with Crippen molar-refractivity contribution < 1.29 is 19.0 Å². The summed E-state index contributed by atoms with van der Waals surface area (Å²) in [6, 6.07) is 11.4. The Hall–Kier alpha value is -2.54. The fourth-order valence-electron chi connectivity index (χ4n) is 2.61. The molecule has 0 aliphatic rings. The molecule has 2 aromatic carbocycles. The van der Waals surface area contributed by atoms with E-state index in [1.807, 2.05) is 50.2 Å². The summed E-state index contributed by atoms with van der Waals surface area (Å²) in [5.41, 5.74) is 4.47. The van der Waals surface area contributed by atoms with E-state index in [0.29, 0.717) is 30.5 Å². The first kappa shape index (κ1) is 22.7. The minimum Gasteiger partial charge on any atom is -0.490 e. The van der Waals surface area contributed by atoms with Crippen LogP contribution in [0.5, 0.6) is 17.2 Å². The van der Waals surface area contributed by atoms with Gasteiger partial charge in [0.05, 0.1) is 23.9 Å². The average molecular weight is 463 g/mol. The molecule has 1 amide bonds. The highest BCUT2D eigenvalue weighted by Crippen LogP contribution is 2.28. The predicted molar refractivity (Wildman–Crippen MR) is 118 cm³/mol. The van der Waals surface area contributed by atoms with E-state index in [0.717, 1.165) is 22.9 Å². The minimum absolute atomic E-state index is 0.128. The van der Waals surface area contributed by atoms with Crippen molar-refractivity contribution in [3.63, 3.8) is 0 Å². The van der Waals surface area contributed by atoms with Crippen LogP contribution in [0.4, 0.5) is 0 Å². The molecule has 6 nitrogen and oxygen atoms in total. The molecule has 0 heterocycles. The van der Waals surface area contributed by atoms with E-state index in [2.05, 4.69) is 33.4 Å². The Morgan fingerprint density at radius 1 is 1.00 bits per heavy atom. The number of carbonyl (C=O) groups is 1. The number of benzene rings is 2. The lowest BCUT2D eigenvalue weighted by molar-refractivity contribution is -0.123. The Morgan fingerprint density at radius 3 is 2.41 bits per heavy atom. The lowest BCUT2D eigenvalue weighted by Crippen LogP contribution is -2.24. The van der Waals surface area contributed by atoms with Gasteiger partial charge < -0.3 is 14.2 Å². The Morgan fingerprint density at radius 2 is 1.72 bits per heavy atom. The summed E-state index contributed by atoms with van der Waals surface area (Å²) < 4.78 is 17.5.